The summed E-state index contributed by atoms with van der Waals surface area (Å²) in [5.74, 6) is 0.842. The molecule has 1 amide bonds. The summed E-state index contributed by atoms with van der Waals surface area (Å²) in [4.78, 5) is 15.6. The van der Waals surface area contributed by atoms with Crippen LogP contribution in [0.3, 0.4) is 0 Å². The Morgan fingerprint density at radius 2 is 2.04 bits per heavy atom. The molecule has 0 unspecified atom stereocenters. The third-order valence-electron chi connectivity index (χ3n) is 3.99. The van der Waals surface area contributed by atoms with Crippen LogP contribution in [-0.2, 0) is 0 Å². The number of carbonyl (C=O) groups excluding carboxylic acids is 1. The zero-order valence-electron chi connectivity index (χ0n) is 13.2. The van der Waals surface area contributed by atoms with Crippen molar-refractivity contribution < 1.29 is 9.53 Å². The van der Waals surface area contributed by atoms with Crippen molar-refractivity contribution in [2.24, 2.45) is 0 Å². The molecule has 1 aromatic carbocycles. The molecule has 0 radical (unpaired) electrons. The van der Waals surface area contributed by atoms with E-state index in [-0.39, 0.29) is 5.91 Å². The van der Waals surface area contributed by atoms with Crippen LogP contribution in [-0.4, -0.2) is 44.1 Å². The first-order valence-electron chi connectivity index (χ1n) is 7.73. The van der Waals surface area contributed by atoms with Crippen LogP contribution in [0.25, 0.3) is 10.4 Å². The number of nitrogen functional groups attached to an aromatic ring is 1. The van der Waals surface area contributed by atoms with Crippen LogP contribution in [0.5, 0.6) is 5.75 Å². The molecular formula is C17H21N3O2S. The zero-order valence-corrected chi connectivity index (χ0v) is 14.0. The minimum absolute atomic E-state index is 0.0298. The summed E-state index contributed by atoms with van der Waals surface area (Å²) in [6.07, 6.45) is 0.973. The number of ether oxygens (including phenoxy) is 1. The number of amides is 1. The van der Waals surface area contributed by atoms with Crippen LogP contribution >= 0.6 is 11.3 Å². The lowest BCUT2D eigenvalue weighted by atomic mass is 10.1. The van der Waals surface area contributed by atoms with Crippen LogP contribution in [0.2, 0.25) is 0 Å². The van der Waals surface area contributed by atoms with Crippen LogP contribution in [0.1, 0.15) is 16.8 Å². The van der Waals surface area contributed by atoms with Crippen molar-refractivity contribution in [3.63, 3.8) is 0 Å². The van der Waals surface area contributed by atoms with Crippen molar-refractivity contribution >= 4 is 22.2 Å². The molecule has 23 heavy (non-hydrogen) atoms. The highest BCUT2D eigenvalue weighted by molar-refractivity contribution is 7.19. The van der Waals surface area contributed by atoms with Crippen molar-refractivity contribution in [2.45, 2.75) is 6.42 Å². The lowest BCUT2D eigenvalue weighted by Gasteiger charge is -2.19. The Labute approximate surface area is 140 Å². The SMILES string of the molecule is COc1ccc(-c2cc(C(=O)N3CCCNCC3)c(N)s2)cc1. The number of methoxy groups -OCH3 is 1. The van der Waals surface area contributed by atoms with Crippen molar-refractivity contribution in [1.82, 2.24) is 10.2 Å². The van der Waals surface area contributed by atoms with E-state index in [4.69, 9.17) is 10.5 Å². The van der Waals surface area contributed by atoms with Gasteiger partial charge in [-0.25, -0.2) is 0 Å². The Morgan fingerprint density at radius 3 is 2.78 bits per heavy atom. The standard InChI is InChI=1S/C17H21N3O2S/c1-22-13-5-3-12(4-6-13)15-11-14(16(18)23-15)17(21)20-9-2-7-19-8-10-20/h3-6,11,19H,2,7-10,18H2,1H3. The zero-order chi connectivity index (χ0) is 16.2. The molecule has 1 aliphatic heterocycles. The van der Waals surface area contributed by atoms with Gasteiger partial charge in [-0.3, -0.25) is 4.79 Å². The van der Waals surface area contributed by atoms with Gasteiger partial charge in [-0.05, 0) is 48.9 Å². The van der Waals surface area contributed by atoms with Crippen molar-refractivity contribution in [1.29, 1.82) is 0 Å². The van der Waals surface area contributed by atoms with Crippen molar-refractivity contribution in [3.8, 4) is 16.2 Å². The molecule has 1 fully saturated rings. The highest BCUT2D eigenvalue weighted by Crippen LogP contribution is 2.34. The van der Waals surface area contributed by atoms with Crippen LogP contribution in [0, 0.1) is 0 Å². The average Bonchev–Trinajstić information content (AvgIpc) is 2.79. The van der Waals surface area contributed by atoms with E-state index in [1.807, 2.05) is 35.2 Å². The van der Waals surface area contributed by atoms with E-state index in [2.05, 4.69) is 5.32 Å². The summed E-state index contributed by atoms with van der Waals surface area (Å²) in [6.45, 7) is 3.30. The summed E-state index contributed by atoms with van der Waals surface area (Å²) < 4.78 is 5.18. The fourth-order valence-corrected chi connectivity index (χ4v) is 3.61. The first-order chi connectivity index (χ1) is 11.2. The number of thiophene rings is 1. The molecule has 5 nitrogen and oxygen atoms in total. The molecule has 1 saturated heterocycles. The fraction of sp³-hybridized carbons (Fsp3) is 0.353. The molecule has 6 heteroatoms. The van der Waals surface area contributed by atoms with Gasteiger partial charge in [0.2, 0.25) is 0 Å². The molecule has 0 aliphatic carbocycles. The minimum Gasteiger partial charge on any atom is -0.497 e. The molecular weight excluding hydrogens is 310 g/mol. The first kappa shape index (κ1) is 15.8. The average molecular weight is 331 g/mol. The molecule has 0 spiro atoms. The van der Waals surface area contributed by atoms with Gasteiger partial charge in [0.05, 0.1) is 17.7 Å². The molecule has 1 aromatic heterocycles. The fourth-order valence-electron chi connectivity index (χ4n) is 2.69. The molecule has 2 heterocycles. The number of nitrogens with zero attached hydrogens (tertiary/aromatic N) is 1. The number of nitrogens with one attached hydrogen (secondary N) is 1. The maximum atomic E-state index is 12.7. The van der Waals surface area contributed by atoms with Gasteiger partial charge in [0.25, 0.3) is 5.91 Å². The Balaban J connectivity index is 1.83. The number of rotatable bonds is 3. The maximum absolute atomic E-state index is 12.7. The number of carbonyl (C=O) groups is 1. The van der Waals surface area contributed by atoms with Gasteiger partial charge in [-0.1, -0.05) is 0 Å². The molecule has 122 valence electrons. The van der Waals surface area contributed by atoms with Gasteiger partial charge in [-0.2, -0.15) is 0 Å². The van der Waals surface area contributed by atoms with E-state index in [1.54, 1.807) is 7.11 Å². The molecule has 3 N–H and O–H groups in total. The summed E-state index contributed by atoms with van der Waals surface area (Å²) in [5, 5.41) is 3.89. The van der Waals surface area contributed by atoms with Crippen LogP contribution in [0.4, 0.5) is 5.00 Å². The third-order valence-corrected chi connectivity index (χ3v) is 5.01. The highest BCUT2D eigenvalue weighted by atomic mass is 32.1. The predicted molar refractivity (Wildman–Crippen MR) is 94.1 cm³/mol. The normalized spacial score (nSPS) is 15.3. The predicted octanol–water partition coefficient (Wildman–Crippen LogP) is 2.44. The van der Waals surface area contributed by atoms with E-state index in [1.165, 1.54) is 11.3 Å². The Bertz CT molecular complexity index is 674. The smallest absolute Gasteiger partial charge is 0.256 e. The molecule has 0 atom stereocenters. The molecule has 3 rings (SSSR count). The van der Waals surface area contributed by atoms with E-state index >= 15 is 0 Å². The van der Waals surface area contributed by atoms with Crippen LogP contribution < -0.4 is 15.8 Å². The van der Waals surface area contributed by atoms with Crippen molar-refractivity contribution in [3.05, 3.63) is 35.9 Å². The maximum Gasteiger partial charge on any atom is 0.256 e. The number of anilines is 1. The van der Waals surface area contributed by atoms with Gasteiger partial charge in [0, 0.05) is 24.5 Å². The van der Waals surface area contributed by atoms with Gasteiger partial charge < -0.3 is 20.7 Å². The molecule has 1 aliphatic rings. The topological polar surface area (TPSA) is 67.6 Å². The van der Waals surface area contributed by atoms with Gasteiger partial charge in [0.15, 0.2) is 0 Å². The van der Waals surface area contributed by atoms with E-state index in [0.29, 0.717) is 10.6 Å². The summed E-state index contributed by atoms with van der Waals surface area (Å²) in [6, 6.07) is 9.69. The largest absolute Gasteiger partial charge is 0.497 e. The lowest BCUT2D eigenvalue weighted by Crippen LogP contribution is -2.34. The highest BCUT2D eigenvalue weighted by Gasteiger charge is 2.21. The van der Waals surface area contributed by atoms with E-state index < -0.39 is 0 Å². The Hall–Kier alpha value is -2.05. The van der Waals surface area contributed by atoms with Gasteiger partial charge >= 0.3 is 0 Å². The molecule has 0 bridgehead atoms. The quantitative estimate of drug-likeness (QED) is 0.906. The number of hydrogen-bond acceptors (Lipinski definition) is 5. The summed E-state index contributed by atoms with van der Waals surface area (Å²) in [7, 11) is 1.64. The Morgan fingerprint density at radius 1 is 1.26 bits per heavy atom. The van der Waals surface area contributed by atoms with Gasteiger partial charge in [0.1, 0.15) is 5.75 Å². The minimum atomic E-state index is 0.0298. The number of hydrogen-bond donors (Lipinski definition) is 2. The monoisotopic (exact) mass is 331 g/mol. The second-order valence-corrected chi connectivity index (χ2v) is 6.60. The van der Waals surface area contributed by atoms with E-state index in [0.717, 1.165) is 48.8 Å². The second-order valence-electron chi connectivity index (χ2n) is 5.51. The van der Waals surface area contributed by atoms with Gasteiger partial charge in [-0.15, -0.1) is 11.3 Å². The Kier molecular flexibility index (Phi) is 4.83. The summed E-state index contributed by atoms with van der Waals surface area (Å²) >= 11 is 1.45. The van der Waals surface area contributed by atoms with Crippen LogP contribution in [0.15, 0.2) is 30.3 Å². The summed E-state index contributed by atoms with van der Waals surface area (Å²) in [5.41, 5.74) is 7.77. The van der Waals surface area contributed by atoms with E-state index in [9.17, 15) is 4.79 Å². The second kappa shape index (κ2) is 7.02. The third kappa shape index (κ3) is 3.48. The number of benzene rings is 1. The molecule has 0 saturated carbocycles. The van der Waals surface area contributed by atoms with Crippen molar-refractivity contribution in [2.75, 3.05) is 39.0 Å². The first-order valence-corrected chi connectivity index (χ1v) is 8.54. The lowest BCUT2D eigenvalue weighted by molar-refractivity contribution is 0.0768. The number of nitrogens with two attached hydrogens (primary N) is 1. The molecule has 2 aromatic rings.